The lowest BCUT2D eigenvalue weighted by atomic mass is 10.1. The first-order valence-corrected chi connectivity index (χ1v) is 7.97. The van der Waals surface area contributed by atoms with Crippen LogP contribution in [0.4, 0.5) is 4.79 Å². The minimum absolute atomic E-state index is 0.0544. The molecule has 0 aromatic heterocycles. The number of amides is 1. The maximum atomic E-state index is 12.2. The summed E-state index contributed by atoms with van der Waals surface area (Å²) in [6.07, 6.45) is -2.13. The molecule has 0 unspecified atom stereocenters. The molecule has 0 saturated heterocycles. The SMILES string of the molecule is CC(C)(C)OC(=O)N[C@@H](Cc1ccc(O)c(O)c1)C(=O)OC[C@@H](O)CO. The van der Waals surface area contributed by atoms with E-state index in [9.17, 15) is 24.9 Å². The number of benzene rings is 1. The van der Waals surface area contributed by atoms with E-state index in [2.05, 4.69) is 5.32 Å². The predicted molar refractivity (Wildman–Crippen MR) is 90.7 cm³/mol. The highest BCUT2D eigenvalue weighted by Gasteiger charge is 2.26. The van der Waals surface area contributed by atoms with E-state index >= 15 is 0 Å². The number of aromatic hydroxyl groups is 2. The third-order valence-corrected chi connectivity index (χ3v) is 3.08. The van der Waals surface area contributed by atoms with Crippen LogP contribution in [0.1, 0.15) is 26.3 Å². The van der Waals surface area contributed by atoms with Gasteiger partial charge in [0.2, 0.25) is 0 Å². The number of aliphatic hydroxyl groups is 2. The Hall–Kier alpha value is -2.52. The van der Waals surface area contributed by atoms with Crippen molar-refractivity contribution in [2.24, 2.45) is 0 Å². The van der Waals surface area contributed by atoms with E-state index in [1.165, 1.54) is 18.2 Å². The zero-order valence-electron chi connectivity index (χ0n) is 14.9. The van der Waals surface area contributed by atoms with Gasteiger partial charge in [-0.15, -0.1) is 0 Å². The molecule has 0 aliphatic heterocycles. The Morgan fingerprint density at radius 2 is 1.85 bits per heavy atom. The molecular weight excluding hydrogens is 346 g/mol. The molecule has 0 bridgehead atoms. The third kappa shape index (κ3) is 7.58. The number of phenols is 2. The average Bonchev–Trinajstić information content (AvgIpc) is 2.53. The minimum atomic E-state index is -1.24. The molecule has 0 radical (unpaired) electrons. The van der Waals surface area contributed by atoms with E-state index in [1.54, 1.807) is 20.8 Å². The summed E-state index contributed by atoms with van der Waals surface area (Å²) in [5.41, 5.74) is -0.330. The summed E-state index contributed by atoms with van der Waals surface area (Å²) in [4.78, 5) is 24.2. The van der Waals surface area contributed by atoms with Crippen LogP contribution in [0.5, 0.6) is 11.5 Å². The van der Waals surface area contributed by atoms with Crippen molar-refractivity contribution in [1.29, 1.82) is 0 Å². The van der Waals surface area contributed by atoms with Gasteiger partial charge in [0.25, 0.3) is 0 Å². The number of esters is 1. The first-order chi connectivity index (χ1) is 12.0. The Morgan fingerprint density at radius 3 is 2.38 bits per heavy atom. The maximum Gasteiger partial charge on any atom is 0.408 e. The summed E-state index contributed by atoms with van der Waals surface area (Å²) in [6, 6.07) is 2.79. The number of rotatable bonds is 7. The zero-order valence-corrected chi connectivity index (χ0v) is 14.9. The predicted octanol–water partition coefficient (Wildman–Crippen LogP) is 0.430. The number of carbonyl (C=O) groups is 2. The molecule has 0 saturated carbocycles. The van der Waals surface area contributed by atoms with E-state index in [0.717, 1.165) is 0 Å². The fraction of sp³-hybridized carbons (Fsp3) is 0.529. The normalized spacial score (nSPS) is 13.6. The van der Waals surface area contributed by atoms with Crippen LogP contribution in [0.25, 0.3) is 0 Å². The molecule has 0 aliphatic rings. The topological polar surface area (TPSA) is 146 Å². The first kappa shape index (κ1) is 21.5. The van der Waals surface area contributed by atoms with E-state index in [0.29, 0.717) is 5.56 Å². The van der Waals surface area contributed by atoms with Gasteiger partial charge < -0.3 is 35.2 Å². The number of hydrogen-bond acceptors (Lipinski definition) is 8. The van der Waals surface area contributed by atoms with Crippen molar-refractivity contribution in [3.8, 4) is 11.5 Å². The average molecular weight is 371 g/mol. The van der Waals surface area contributed by atoms with Crippen molar-refractivity contribution in [1.82, 2.24) is 5.32 Å². The molecule has 0 aliphatic carbocycles. The van der Waals surface area contributed by atoms with Gasteiger partial charge in [0.1, 0.15) is 24.4 Å². The number of alkyl carbamates (subject to hydrolysis) is 1. The van der Waals surface area contributed by atoms with Gasteiger partial charge in [-0.2, -0.15) is 0 Å². The molecule has 146 valence electrons. The van der Waals surface area contributed by atoms with Gasteiger partial charge >= 0.3 is 12.1 Å². The standard InChI is InChI=1S/C17H25NO8/c1-17(2,3)26-16(24)18-12(15(23)25-9-11(20)8-19)6-10-4-5-13(21)14(22)7-10/h4-5,7,11-12,19-22H,6,8-9H2,1-3H3,(H,18,24)/t11-,12-/m0/s1. The highest BCUT2D eigenvalue weighted by atomic mass is 16.6. The molecule has 1 aromatic carbocycles. The van der Waals surface area contributed by atoms with E-state index in [1.807, 2.05) is 0 Å². The molecule has 0 spiro atoms. The summed E-state index contributed by atoms with van der Waals surface area (Å²) in [6.45, 7) is 3.96. The smallest absolute Gasteiger partial charge is 0.408 e. The Labute approximate surface area is 151 Å². The maximum absolute atomic E-state index is 12.2. The second-order valence-electron chi connectivity index (χ2n) is 6.69. The second-order valence-corrected chi connectivity index (χ2v) is 6.69. The van der Waals surface area contributed by atoms with Crippen LogP contribution in [0.2, 0.25) is 0 Å². The zero-order chi connectivity index (χ0) is 19.9. The number of nitrogens with one attached hydrogen (secondary N) is 1. The number of ether oxygens (including phenoxy) is 2. The van der Waals surface area contributed by atoms with Crippen molar-refractivity contribution in [3.63, 3.8) is 0 Å². The van der Waals surface area contributed by atoms with Crippen molar-refractivity contribution in [2.45, 2.75) is 44.9 Å². The molecule has 26 heavy (non-hydrogen) atoms. The molecule has 1 rings (SSSR count). The van der Waals surface area contributed by atoms with Gasteiger partial charge in [-0.3, -0.25) is 0 Å². The summed E-state index contributed by atoms with van der Waals surface area (Å²) in [7, 11) is 0. The molecule has 1 amide bonds. The number of aliphatic hydroxyl groups excluding tert-OH is 2. The van der Waals surface area contributed by atoms with Crippen molar-refractivity contribution >= 4 is 12.1 Å². The Kier molecular flexibility index (Phi) is 7.66. The lowest BCUT2D eigenvalue weighted by molar-refractivity contribution is -0.149. The Balaban J connectivity index is 2.87. The van der Waals surface area contributed by atoms with Gasteiger partial charge in [-0.25, -0.2) is 9.59 Å². The monoisotopic (exact) mass is 371 g/mol. The lowest BCUT2D eigenvalue weighted by Gasteiger charge is -2.23. The van der Waals surface area contributed by atoms with Crippen LogP contribution in [-0.2, 0) is 20.7 Å². The molecule has 0 heterocycles. The summed E-state index contributed by atoms with van der Waals surface area (Å²) < 4.78 is 9.99. The summed E-state index contributed by atoms with van der Waals surface area (Å²) in [5.74, 6) is -1.54. The quantitative estimate of drug-likeness (QED) is 0.343. The number of hydrogen-bond donors (Lipinski definition) is 5. The van der Waals surface area contributed by atoms with Gasteiger partial charge in [0, 0.05) is 6.42 Å². The first-order valence-electron chi connectivity index (χ1n) is 7.97. The van der Waals surface area contributed by atoms with Crippen LogP contribution in [0.3, 0.4) is 0 Å². The van der Waals surface area contributed by atoms with Crippen LogP contribution in [0, 0.1) is 0 Å². The molecule has 9 heteroatoms. The van der Waals surface area contributed by atoms with Gasteiger partial charge in [-0.05, 0) is 38.5 Å². The van der Waals surface area contributed by atoms with Crippen molar-refractivity contribution < 1.29 is 39.5 Å². The van der Waals surface area contributed by atoms with Gasteiger partial charge in [0.05, 0.1) is 6.61 Å². The van der Waals surface area contributed by atoms with Crippen molar-refractivity contribution in [3.05, 3.63) is 23.8 Å². The highest BCUT2D eigenvalue weighted by molar-refractivity contribution is 5.81. The third-order valence-electron chi connectivity index (χ3n) is 3.08. The lowest BCUT2D eigenvalue weighted by Crippen LogP contribution is -2.46. The molecule has 2 atom stereocenters. The fourth-order valence-corrected chi connectivity index (χ4v) is 1.91. The van der Waals surface area contributed by atoms with E-state index in [4.69, 9.17) is 14.6 Å². The number of carbonyl (C=O) groups excluding carboxylic acids is 2. The molecule has 1 aromatic rings. The van der Waals surface area contributed by atoms with Crippen LogP contribution < -0.4 is 5.32 Å². The molecular formula is C17H25NO8. The molecule has 5 N–H and O–H groups in total. The highest BCUT2D eigenvalue weighted by Crippen LogP contribution is 2.25. The Bertz CT molecular complexity index is 626. The van der Waals surface area contributed by atoms with Gasteiger partial charge in [-0.1, -0.05) is 6.07 Å². The minimum Gasteiger partial charge on any atom is -0.504 e. The summed E-state index contributed by atoms with van der Waals surface area (Å²) in [5, 5.41) is 39.3. The van der Waals surface area contributed by atoms with Crippen molar-refractivity contribution in [2.75, 3.05) is 13.2 Å². The van der Waals surface area contributed by atoms with Crippen LogP contribution in [-0.4, -0.2) is 63.4 Å². The van der Waals surface area contributed by atoms with E-state index < -0.39 is 43.0 Å². The summed E-state index contributed by atoms with van der Waals surface area (Å²) >= 11 is 0. The fourth-order valence-electron chi connectivity index (χ4n) is 1.91. The van der Waals surface area contributed by atoms with Crippen LogP contribution >= 0.6 is 0 Å². The van der Waals surface area contributed by atoms with E-state index in [-0.39, 0.29) is 17.9 Å². The Morgan fingerprint density at radius 1 is 1.19 bits per heavy atom. The molecule has 0 fully saturated rings. The largest absolute Gasteiger partial charge is 0.504 e. The van der Waals surface area contributed by atoms with Crippen LogP contribution in [0.15, 0.2) is 18.2 Å². The number of phenolic OH excluding ortho intramolecular Hbond substituents is 2. The molecule has 9 nitrogen and oxygen atoms in total. The second kappa shape index (κ2) is 9.25. The van der Waals surface area contributed by atoms with Gasteiger partial charge in [0.15, 0.2) is 11.5 Å².